The van der Waals surface area contributed by atoms with E-state index in [-0.39, 0.29) is 24.7 Å². The molecule has 0 saturated carbocycles. The maximum atomic E-state index is 13.2. The van der Waals surface area contributed by atoms with Gasteiger partial charge in [-0.3, -0.25) is 19.4 Å². The predicted molar refractivity (Wildman–Crippen MR) is 119 cm³/mol. The van der Waals surface area contributed by atoms with Gasteiger partial charge in [0.15, 0.2) is 5.11 Å². The van der Waals surface area contributed by atoms with Gasteiger partial charge in [-0.15, -0.1) is 0 Å². The fourth-order valence-corrected chi connectivity index (χ4v) is 5.61. The third kappa shape index (κ3) is 4.89. The molecule has 2 aliphatic rings. The van der Waals surface area contributed by atoms with E-state index in [0.29, 0.717) is 13.1 Å². The minimum Gasteiger partial charge on any atom is -0.465 e. The number of hydrogen-bond acceptors (Lipinski definition) is 9. The maximum absolute atomic E-state index is 13.2. The molecule has 2 heterocycles. The molecule has 11 heteroatoms. The molecule has 1 fully saturated rings. The van der Waals surface area contributed by atoms with Gasteiger partial charge in [-0.05, 0) is 25.1 Å². The molecule has 30 heavy (non-hydrogen) atoms. The highest BCUT2D eigenvalue weighted by Gasteiger charge is 2.44. The second kappa shape index (κ2) is 11.0. The largest absolute Gasteiger partial charge is 0.465 e. The summed E-state index contributed by atoms with van der Waals surface area (Å²) in [5.41, 5.74) is -0.0916. The van der Waals surface area contributed by atoms with Crippen LogP contribution in [0, 0.1) is 0 Å². The fourth-order valence-electron chi connectivity index (χ4n) is 2.74. The Labute approximate surface area is 189 Å². The van der Waals surface area contributed by atoms with Gasteiger partial charge >= 0.3 is 11.9 Å². The van der Waals surface area contributed by atoms with Gasteiger partial charge in [0.05, 0.1) is 18.5 Å². The van der Waals surface area contributed by atoms with Crippen molar-refractivity contribution in [1.82, 2.24) is 9.80 Å². The number of thiocarbonyl (C=S) groups is 1. The third-order valence-corrected chi connectivity index (χ3v) is 7.39. The van der Waals surface area contributed by atoms with Crippen molar-refractivity contribution in [1.29, 1.82) is 0 Å². The standard InChI is InChI=1S/C19H24N2O6S3/c1-5-7-9-20-14(22)11(15(23)21(19(20)28)10-8-6-2)18-29-12(16(24)26-3)13(30-18)17(25)27-4/h5-10H2,1-4H3. The molecule has 0 radical (unpaired) electrons. The summed E-state index contributed by atoms with van der Waals surface area (Å²) in [5.74, 6) is -2.51. The van der Waals surface area contributed by atoms with Crippen molar-refractivity contribution in [3.05, 3.63) is 19.6 Å². The zero-order chi connectivity index (χ0) is 22.4. The van der Waals surface area contributed by atoms with Gasteiger partial charge in [-0.1, -0.05) is 50.2 Å². The first-order valence-corrected chi connectivity index (χ1v) is 11.5. The number of unbranched alkanes of at least 4 members (excludes halogenated alkanes) is 2. The van der Waals surface area contributed by atoms with E-state index in [9.17, 15) is 19.2 Å². The zero-order valence-corrected chi connectivity index (χ0v) is 19.8. The van der Waals surface area contributed by atoms with Crippen LogP contribution in [0.15, 0.2) is 19.6 Å². The number of hydrogen-bond donors (Lipinski definition) is 0. The second-order valence-corrected chi connectivity index (χ2v) is 9.08. The van der Waals surface area contributed by atoms with Gasteiger partial charge in [-0.2, -0.15) is 0 Å². The third-order valence-electron chi connectivity index (χ3n) is 4.39. The first kappa shape index (κ1) is 24.4. The Kier molecular flexibility index (Phi) is 8.92. The van der Waals surface area contributed by atoms with Gasteiger partial charge in [0.25, 0.3) is 11.8 Å². The van der Waals surface area contributed by atoms with E-state index in [0.717, 1.165) is 49.2 Å². The summed E-state index contributed by atoms with van der Waals surface area (Å²) < 4.78 is 9.73. The van der Waals surface area contributed by atoms with Crippen LogP contribution in [-0.4, -0.2) is 66.0 Å². The van der Waals surface area contributed by atoms with Crippen molar-refractivity contribution in [3.63, 3.8) is 0 Å². The molecular formula is C19H24N2O6S3. The molecule has 0 aromatic carbocycles. The monoisotopic (exact) mass is 472 g/mol. The van der Waals surface area contributed by atoms with Crippen molar-refractivity contribution in [2.45, 2.75) is 39.5 Å². The van der Waals surface area contributed by atoms with Gasteiger partial charge in [0.1, 0.15) is 15.4 Å². The summed E-state index contributed by atoms with van der Waals surface area (Å²) in [6.07, 6.45) is 3.16. The number of nitrogens with zero attached hydrogens (tertiary/aromatic N) is 2. The van der Waals surface area contributed by atoms with Crippen molar-refractivity contribution in [2.75, 3.05) is 27.3 Å². The number of rotatable bonds is 8. The normalized spacial score (nSPS) is 17.3. The molecule has 0 N–H and O–H groups in total. The van der Waals surface area contributed by atoms with Crippen molar-refractivity contribution >= 4 is 64.6 Å². The zero-order valence-electron chi connectivity index (χ0n) is 17.3. The number of methoxy groups -OCH3 is 2. The lowest BCUT2D eigenvalue weighted by Gasteiger charge is -2.37. The summed E-state index contributed by atoms with van der Waals surface area (Å²) >= 11 is 7.18. The molecule has 2 rings (SSSR count). The molecule has 8 nitrogen and oxygen atoms in total. The Morgan fingerprint density at radius 2 is 1.27 bits per heavy atom. The highest BCUT2D eigenvalue weighted by molar-refractivity contribution is 8.29. The van der Waals surface area contributed by atoms with Crippen LogP contribution in [0.3, 0.4) is 0 Å². The summed E-state index contributed by atoms with van der Waals surface area (Å²) in [7, 11) is 2.38. The molecule has 0 aromatic heterocycles. The number of carbonyl (C=O) groups excluding carboxylic acids is 4. The fraction of sp³-hybridized carbons (Fsp3) is 0.526. The van der Waals surface area contributed by atoms with Crippen LogP contribution in [-0.2, 0) is 28.7 Å². The van der Waals surface area contributed by atoms with Crippen LogP contribution in [0.2, 0.25) is 0 Å². The SMILES string of the molecule is CCCCN1C(=O)C(=C2SC(C(=O)OC)=C(C(=O)OC)S2)C(=O)N(CCCC)C1=S. The Balaban J connectivity index is 2.50. The van der Waals surface area contributed by atoms with E-state index in [1.54, 1.807) is 0 Å². The van der Waals surface area contributed by atoms with E-state index >= 15 is 0 Å². The Morgan fingerprint density at radius 3 is 1.60 bits per heavy atom. The Hall–Kier alpha value is -1.85. The highest BCUT2D eigenvalue weighted by Crippen LogP contribution is 2.52. The molecule has 0 bridgehead atoms. The average molecular weight is 473 g/mol. The molecule has 0 spiro atoms. The van der Waals surface area contributed by atoms with E-state index in [1.807, 2.05) is 13.8 Å². The minimum absolute atomic E-state index is 0.00850. The van der Waals surface area contributed by atoms with Crippen LogP contribution in [0.1, 0.15) is 39.5 Å². The summed E-state index contributed by atoms with van der Waals surface area (Å²) in [4.78, 5) is 53.5. The number of carbonyl (C=O) groups is 4. The van der Waals surface area contributed by atoms with Crippen molar-refractivity contribution < 1.29 is 28.7 Å². The molecule has 1 saturated heterocycles. The van der Waals surface area contributed by atoms with Crippen LogP contribution >= 0.6 is 35.7 Å². The average Bonchev–Trinajstić information content (AvgIpc) is 3.17. The number of amides is 2. The van der Waals surface area contributed by atoms with E-state index < -0.39 is 23.8 Å². The Morgan fingerprint density at radius 1 is 0.867 bits per heavy atom. The molecule has 2 amide bonds. The first-order chi connectivity index (χ1) is 14.3. The van der Waals surface area contributed by atoms with Crippen LogP contribution in [0.25, 0.3) is 0 Å². The lowest BCUT2D eigenvalue weighted by atomic mass is 10.1. The minimum atomic E-state index is -0.736. The van der Waals surface area contributed by atoms with Gasteiger partial charge in [0.2, 0.25) is 0 Å². The molecule has 164 valence electrons. The molecule has 0 aliphatic carbocycles. The van der Waals surface area contributed by atoms with Crippen LogP contribution < -0.4 is 0 Å². The smallest absolute Gasteiger partial charge is 0.346 e. The van der Waals surface area contributed by atoms with E-state index in [1.165, 1.54) is 24.0 Å². The van der Waals surface area contributed by atoms with Crippen molar-refractivity contribution in [3.8, 4) is 0 Å². The number of ether oxygens (including phenoxy) is 2. The second-order valence-electron chi connectivity index (χ2n) is 6.41. The van der Waals surface area contributed by atoms with Crippen LogP contribution in [0.4, 0.5) is 0 Å². The van der Waals surface area contributed by atoms with Gasteiger partial charge < -0.3 is 9.47 Å². The lowest BCUT2D eigenvalue weighted by molar-refractivity contribution is -0.138. The molecular weight excluding hydrogens is 448 g/mol. The first-order valence-electron chi connectivity index (χ1n) is 9.50. The highest BCUT2D eigenvalue weighted by atomic mass is 32.2. The molecule has 0 atom stereocenters. The summed E-state index contributed by atoms with van der Waals surface area (Å²) in [6, 6.07) is 0. The maximum Gasteiger partial charge on any atom is 0.346 e. The topological polar surface area (TPSA) is 93.2 Å². The van der Waals surface area contributed by atoms with Crippen molar-refractivity contribution in [2.24, 2.45) is 0 Å². The predicted octanol–water partition coefficient (Wildman–Crippen LogP) is 2.79. The van der Waals surface area contributed by atoms with E-state index in [2.05, 4.69) is 0 Å². The number of thioether (sulfide) groups is 2. The van der Waals surface area contributed by atoms with E-state index in [4.69, 9.17) is 21.7 Å². The molecule has 2 aliphatic heterocycles. The summed E-state index contributed by atoms with van der Waals surface area (Å²) in [6.45, 7) is 4.76. The van der Waals surface area contributed by atoms with Crippen LogP contribution in [0.5, 0.6) is 0 Å². The molecule has 0 unspecified atom stereocenters. The summed E-state index contributed by atoms with van der Waals surface area (Å²) in [5, 5.41) is 0.193. The molecule has 0 aromatic rings. The Bertz CT molecular complexity index is 774. The van der Waals surface area contributed by atoms with Gasteiger partial charge in [0, 0.05) is 13.1 Å². The quantitative estimate of drug-likeness (QED) is 0.229. The lowest BCUT2D eigenvalue weighted by Crippen LogP contribution is -2.56. The number of esters is 2. The van der Waals surface area contributed by atoms with Gasteiger partial charge in [-0.25, -0.2) is 9.59 Å².